The minimum Gasteiger partial charge on any atom is -0.497 e. The molecule has 1 spiro atoms. The molecule has 3 unspecified atom stereocenters. The summed E-state index contributed by atoms with van der Waals surface area (Å²) in [7, 11) is 0.499. The molecule has 0 amide bonds. The van der Waals surface area contributed by atoms with E-state index in [2.05, 4.69) is 0 Å². The van der Waals surface area contributed by atoms with Crippen LogP contribution in [0.25, 0.3) is 0 Å². The molecule has 0 aliphatic carbocycles. The Balaban J connectivity index is 1.81. The summed E-state index contributed by atoms with van der Waals surface area (Å²) >= 11 is 1.93. The van der Waals surface area contributed by atoms with Gasteiger partial charge in [-0.2, -0.15) is 11.8 Å². The third kappa shape index (κ3) is 3.07. The van der Waals surface area contributed by atoms with Crippen LogP contribution in [-0.4, -0.2) is 40.3 Å². The van der Waals surface area contributed by atoms with Gasteiger partial charge in [0.2, 0.25) is 0 Å². The predicted octanol–water partition coefficient (Wildman–Crippen LogP) is 2.44. The number of nitrogen functional groups attached to an aromatic ring is 1. The van der Waals surface area contributed by atoms with Gasteiger partial charge in [0.25, 0.3) is 0 Å². The summed E-state index contributed by atoms with van der Waals surface area (Å²) in [6, 6.07) is 5.37. The minimum absolute atomic E-state index is 0.0587. The average molecular weight is 327 g/mol. The second-order valence-corrected chi connectivity index (χ2v) is 8.46. The van der Waals surface area contributed by atoms with E-state index in [1.54, 1.807) is 25.3 Å². The normalized spacial score (nSPS) is 30.4. The van der Waals surface area contributed by atoms with Gasteiger partial charge in [-0.1, -0.05) is 0 Å². The molecule has 2 aliphatic rings. The van der Waals surface area contributed by atoms with E-state index in [-0.39, 0.29) is 10.9 Å². The number of nitrogens with two attached hydrogens (primary N) is 1. The van der Waals surface area contributed by atoms with Crippen LogP contribution in [0.5, 0.6) is 5.75 Å². The Hall–Kier alpha value is -0.720. The molecule has 1 aromatic carbocycles. The van der Waals surface area contributed by atoms with Crippen molar-refractivity contribution in [1.82, 2.24) is 0 Å². The quantitative estimate of drug-likeness (QED) is 0.864. The van der Waals surface area contributed by atoms with Gasteiger partial charge < -0.3 is 15.2 Å². The van der Waals surface area contributed by atoms with Crippen molar-refractivity contribution in [2.75, 3.05) is 31.0 Å². The highest BCUT2D eigenvalue weighted by molar-refractivity contribution is 7.99. The van der Waals surface area contributed by atoms with E-state index in [1.165, 1.54) is 0 Å². The lowest BCUT2D eigenvalue weighted by Crippen LogP contribution is -2.43. The van der Waals surface area contributed by atoms with Crippen molar-refractivity contribution < 1.29 is 13.7 Å². The van der Waals surface area contributed by atoms with Crippen molar-refractivity contribution >= 4 is 28.2 Å². The summed E-state index contributed by atoms with van der Waals surface area (Å²) in [6.45, 7) is 0.695. The van der Waals surface area contributed by atoms with E-state index < -0.39 is 10.8 Å². The summed E-state index contributed by atoms with van der Waals surface area (Å²) in [5.41, 5.74) is 6.53. The maximum absolute atomic E-state index is 12.9. The molecule has 2 fully saturated rings. The lowest BCUT2D eigenvalue weighted by atomic mass is 9.93. The van der Waals surface area contributed by atoms with Gasteiger partial charge in [0.15, 0.2) is 0 Å². The zero-order chi connectivity index (χ0) is 14.9. The first-order valence-corrected chi connectivity index (χ1v) is 9.56. The van der Waals surface area contributed by atoms with Crippen LogP contribution in [0, 0.1) is 0 Å². The first kappa shape index (κ1) is 15.2. The molecular formula is C15H21NO3S2. The number of thioether (sulfide) groups is 1. The van der Waals surface area contributed by atoms with Crippen LogP contribution in [0.15, 0.2) is 23.1 Å². The third-order valence-corrected chi connectivity index (χ3v) is 7.27. The molecule has 3 atom stereocenters. The first-order chi connectivity index (χ1) is 10.1. The van der Waals surface area contributed by atoms with Crippen LogP contribution in [0.3, 0.4) is 0 Å². The summed E-state index contributed by atoms with van der Waals surface area (Å²) < 4.78 is 24.2. The van der Waals surface area contributed by atoms with E-state index in [9.17, 15) is 4.21 Å². The molecule has 0 aromatic heterocycles. The number of anilines is 1. The first-order valence-electron chi connectivity index (χ1n) is 7.19. The number of ether oxygens (including phenoxy) is 2. The fourth-order valence-electron chi connectivity index (χ4n) is 3.02. The smallest absolute Gasteiger partial charge is 0.120 e. The molecule has 0 bridgehead atoms. The second-order valence-electron chi connectivity index (χ2n) is 5.65. The van der Waals surface area contributed by atoms with Crippen LogP contribution in [0.4, 0.5) is 5.69 Å². The van der Waals surface area contributed by atoms with Gasteiger partial charge in [0, 0.05) is 23.3 Å². The highest BCUT2D eigenvalue weighted by Gasteiger charge is 2.42. The second kappa shape index (κ2) is 6.18. The van der Waals surface area contributed by atoms with E-state index in [0.717, 1.165) is 30.8 Å². The van der Waals surface area contributed by atoms with E-state index >= 15 is 0 Å². The minimum atomic E-state index is -1.11. The van der Waals surface area contributed by atoms with Gasteiger partial charge in [-0.15, -0.1) is 0 Å². The van der Waals surface area contributed by atoms with Gasteiger partial charge >= 0.3 is 0 Å². The maximum Gasteiger partial charge on any atom is 0.120 e. The van der Waals surface area contributed by atoms with Crippen molar-refractivity contribution in [3.8, 4) is 5.75 Å². The number of methoxy groups -OCH3 is 1. The van der Waals surface area contributed by atoms with E-state index in [4.69, 9.17) is 15.2 Å². The SMILES string of the molecule is COc1ccc(N)c(S(=O)C2CCOC3(CCSC3)C2)c1. The zero-order valence-corrected chi connectivity index (χ0v) is 13.8. The van der Waals surface area contributed by atoms with Crippen LogP contribution >= 0.6 is 11.8 Å². The molecule has 4 nitrogen and oxygen atoms in total. The van der Waals surface area contributed by atoms with Crippen molar-refractivity contribution in [3.63, 3.8) is 0 Å². The van der Waals surface area contributed by atoms with Crippen LogP contribution in [0.1, 0.15) is 19.3 Å². The van der Waals surface area contributed by atoms with Crippen molar-refractivity contribution in [3.05, 3.63) is 18.2 Å². The molecule has 1 aromatic rings. The number of hydrogen-bond donors (Lipinski definition) is 1. The van der Waals surface area contributed by atoms with Crippen LogP contribution < -0.4 is 10.5 Å². The highest BCUT2D eigenvalue weighted by Crippen LogP contribution is 2.41. The number of hydrogen-bond acceptors (Lipinski definition) is 5. The zero-order valence-electron chi connectivity index (χ0n) is 12.2. The molecule has 2 saturated heterocycles. The van der Waals surface area contributed by atoms with Crippen LogP contribution in [0.2, 0.25) is 0 Å². The van der Waals surface area contributed by atoms with Crippen molar-refractivity contribution in [1.29, 1.82) is 0 Å². The Kier molecular flexibility index (Phi) is 4.47. The van der Waals surface area contributed by atoms with Gasteiger partial charge in [-0.3, -0.25) is 4.21 Å². The fraction of sp³-hybridized carbons (Fsp3) is 0.600. The maximum atomic E-state index is 12.9. The molecule has 2 N–H and O–H groups in total. The Morgan fingerprint density at radius 3 is 3.10 bits per heavy atom. The Morgan fingerprint density at radius 2 is 2.38 bits per heavy atom. The third-order valence-electron chi connectivity index (χ3n) is 4.26. The van der Waals surface area contributed by atoms with Gasteiger partial charge in [-0.25, -0.2) is 0 Å². The Labute approximate surface area is 132 Å². The lowest BCUT2D eigenvalue weighted by Gasteiger charge is -2.37. The molecule has 6 heteroatoms. The number of benzene rings is 1. The lowest BCUT2D eigenvalue weighted by molar-refractivity contribution is -0.0567. The topological polar surface area (TPSA) is 61.5 Å². The molecule has 0 saturated carbocycles. The summed E-state index contributed by atoms with van der Waals surface area (Å²) in [6.07, 6.45) is 2.76. The van der Waals surface area contributed by atoms with Gasteiger partial charge in [-0.05, 0) is 43.2 Å². The summed E-state index contributed by atoms with van der Waals surface area (Å²) in [5.74, 6) is 2.86. The molecule has 0 radical (unpaired) electrons. The fourth-order valence-corrected chi connectivity index (χ4v) is 6.06. The average Bonchev–Trinajstić information content (AvgIpc) is 2.95. The molecule has 3 rings (SSSR count). The summed E-state index contributed by atoms with van der Waals surface area (Å²) in [5, 5.41) is 0.117. The van der Waals surface area contributed by atoms with Gasteiger partial charge in [0.1, 0.15) is 5.75 Å². The standard InChI is InChI=1S/C15H21NO3S2/c1-18-11-2-3-13(16)14(8-11)21(17)12-4-6-19-15(9-12)5-7-20-10-15/h2-3,8,12H,4-7,9-10,16H2,1H3. The van der Waals surface area contributed by atoms with E-state index in [1.807, 2.05) is 11.8 Å². The number of rotatable bonds is 3. The molecule has 2 aliphatic heterocycles. The molecule has 2 heterocycles. The van der Waals surface area contributed by atoms with Gasteiger partial charge in [0.05, 0.1) is 28.4 Å². The molecular weight excluding hydrogens is 306 g/mol. The molecule has 116 valence electrons. The monoisotopic (exact) mass is 327 g/mol. The Bertz CT molecular complexity index is 544. The molecule has 21 heavy (non-hydrogen) atoms. The van der Waals surface area contributed by atoms with Crippen molar-refractivity contribution in [2.24, 2.45) is 0 Å². The predicted molar refractivity (Wildman–Crippen MR) is 87.5 cm³/mol. The Morgan fingerprint density at radius 1 is 1.52 bits per heavy atom. The van der Waals surface area contributed by atoms with E-state index in [0.29, 0.717) is 22.9 Å². The van der Waals surface area contributed by atoms with Crippen molar-refractivity contribution in [2.45, 2.75) is 35.0 Å². The van der Waals surface area contributed by atoms with Crippen LogP contribution in [-0.2, 0) is 15.5 Å². The highest BCUT2D eigenvalue weighted by atomic mass is 32.2. The summed E-state index contributed by atoms with van der Waals surface area (Å²) in [4.78, 5) is 0.696. The largest absolute Gasteiger partial charge is 0.497 e.